The van der Waals surface area contributed by atoms with Crippen molar-refractivity contribution in [2.45, 2.75) is 57.9 Å². The molecule has 0 aliphatic rings. The molecule has 11 heteroatoms. The molecule has 0 saturated heterocycles. The van der Waals surface area contributed by atoms with E-state index in [2.05, 4.69) is 5.10 Å². The molecule has 0 bridgehead atoms. The van der Waals surface area contributed by atoms with Crippen LogP contribution in [0.5, 0.6) is 5.88 Å². The van der Waals surface area contributed by atoms with Crippen LogP contribution in [-0.2, 0) is 30.0 Å². The molecule has 0 saturated carbocycles. The molecule has 0 atom stereocenters. The van der Waals surface area contributed by atoms with E-state index in [-0.39, 0.29) is 29.1 Å². The molecular formula is C13H24ClN2O6PS. The van der Waals surface area contributed by atoms with Gasteiger partial charge in [-0.15, -0.1) is 5.10 Å². The van der Waals surface area contributed by atoms with E-state index in [4.69, 9.17) is 25.2 Å². The smallest absolute Gasteiger partial charge is 0.382 e. The number of rotatable bonds is 10. The van der Waals surface area contributed by atoms with E-state index < -0.39 is 22.9 Å². The second kappa shape index (κ2) is 8.67. The quantitative estimate of drug-likeness (QED) is 0.550. The summed E-state index contributed by atoms with van der Waals surface area (Å²) in [7, 11) is -7.63. The summed E-state index contributed by atoms with van der Waals surface area (Å²) in [6.45, 7) is 8.69. The SMILES string of the molecule is CCCn1nc(OP(=O)(OCC)OCC)c(Cl)c1S(=O)(=O)C(C)C. The maximum absolute atomic E-state index is 12.5. The third kappa shape index (κ3) is 4.73. The summed E-state index contributed by atoms with van der Waals surface area (Å²) in [6.07, 6.45) is 0.632. The van der Waals surface area contributed by atoms with E-state index in [1.807, 2.05) is 6.92 Å². The Kier molecular flexibility index (Phi) is 7.75. The number of phosphoric ester groups is 1. The van der Waals surface area contributed by atoms with Gasteiger partial charge < -0.3 is 4.52 Å². The zero-order valence-electron chi connectivity index (χ0n) is 14.5. The van der Waals surface area contributed by atoms with Crippen molar-refractivity contribution in [1.29, 1.82) is 0 Å². The van der Waals surface area contributed by atoms with Crippen LogP contribution in [0.2, 0.25) is 5.02 Å². The summed E-state index contributed by atoms with van der Waals surface area (Å²) in [5.74, 6) is -0.283. The molecular weight excluding hydrogens is 379 g/mol. The molecule has 1 heterocycles. The lowest BCUT2D eigenvalue weighted by Gasteiger charge is -2.15. The van der Waals surface area contributed by atoms with Gasteiger partial charge in [0.25, 0.3) is 5.88 Å². The number of halogens is 1. The largest absolute Gasteiger partial charge is 0.531 e. The van der Waals surface area contributed by atoms with Gasteiger partial charge in [0.15, 0.2) is 14.9 Å². The standard InChI is InChI=1S/C13H24ClN2O6PS/c1-6-9-16-13(24(18,19)10(4)5)11(14)12(15-16)22-23(17,20-7-2)21-8-3/h10H,6-9H2,1-5H3. The Labute approximate surface area is 148 Å². The normalized spacial score (nSPS) is 12.8. The molecule has 1 aromatic heterocycles. The van der Waals surface area contributed by atoms with Gasteiger partial charge in [0.05, 0.1) is 18.5 Å². The van der Waals surface area contributed by atoms with Crippen LogP contribution in [0.4, 0.5) is 0 Å². The number of sulfone groups is 1. The van der Waals surface area contributed by atoms with Crippen LogP contribution in [-0.4, -0.2) is 36.7 Å². The van der Waals surface area contributed by atoms with Crippen molar-refractivity contribution < 1.29 is 26.6 Å². The molecule has 140 valence electrons. The van der Waals surface area contributed by atoms with Gasteiger partial charge in [0.1, 0.15) is 5.02 Å². The fourth-order valence-electron chi connectivity index (χ4n) is 1.83. The second-order valence-corrected chi connectivity index (χ2v) is 9.51. The number of nitrogens with zero attached hydrogens (tertiary/aromatic N) is 2. The van der Waals surface area contributed by atoms with Gasteiger partial charge in [0.2, 0.25) is 0 Å². The molecule has 1 aromatic rings. The summed E-state index contributed by atoms with van der Waals surface area (Å²) < 4.78 is 54.1. The van der Waals surface area contributed by atoms with Crippen molar-refractivity contribution in [1.82, 2.24) is 9.78 Å². The van der Waals surface area contributed by atoms with Crippen LogP contribution in [0, 0.1) is 0 Å². The third-order valence-corrected chi connectivity index (χ3v) is 7.11. The number of aromatic nitrogens is 2. The van der Waals surface area contributed by atoms with Crippen LogP contribution < -0.4 is 4.52 Å². The van der Waals surface area contributed by atoms with E-state index in [1.54, 1.807) is 27.7 Å². The molecule has 0 fully saturated rings. The van der Waals surface area contributed by atoms with Crippen molar-refractivity contribution in [2.75, 3.05) is 13.2 Å². The molecule has 0 N–H and O–H groups in total. The lowest BCUT2D eigenvalue weighted by atomic mass is 10.5. The molecule has 0 aromatic carbocycles. The van der Waals surface area contributed by atoms with Crippen molar-refractivity contribution >= 4 is 29.3 Å². The summed E-state index contributed by atoms with van der Waals surface area (Å²) >= 11 is 6.18. The van der Waals surface area contributed by atoms with Gasteiger partial charge in [-0.1, -0.05) is 18.5 Å². The zero-order valence-corrected chi connectivity index (χ0v) is 16.9. The Balaban J connectivity index is 3.39. The van der Waals surface area contributed by atoms with Gasteiger partial charge in [0, 0.05) is 6.54 Å². The van der Waals surface area contributed by atoms with Crippen LogP contribution in [0.25, 0.3) is 0 Å². The Morgan fingerprint density at radius 2 is 1.75 bits per heavy atom. The highest BCUT2D eigenvalue weighted by atomic mass is 35.5. The van der Waals surface area contributed by atoms with E-state index >= 15 is 0 Å². The minimum Gasteiger partial charge on any atom is -0.382 e. The van der Waals surface area contributed by atoms with E-state index in [1.165, 1.54) is 4.68 Å². The van der Waals surface area contributed by atoms with Crippen molar-refractivity contribution in [2.24, 2.45) is 0 Å². The third-order valence-electron chi connectivity index (χ3n) is 2.92. The predicted molar refractivity (Wildman–Crippen MR) is 91.3 cm³/mol. The molecule has 8 nitrogen and oxygen atoms in total. The van der Waals surface area contributed by atoms with Crippen molar-refractivity contribution in [3.8, 4) is 5.88 Å². The van der Waals surface area contributed by atoms with Gasteiger partial charge in [-0.3, -0.25) is 9.05 Å². The van der Waals surface area contributed by atoms with E-state index in [9.17, 15) is 13.0 Å². The predicted octanol–water partition coefficient (Wildman–Crippen LogP) is 3.69. The minimum absolute atomic E-state index is 0.0850. The summed E-state index contributed by atoms with van der Waals surface area (Å²) in [5.41, 5.74) is 0. The molecule has 0 unspecified atom stereocenters. The van der Waals surface area contributed by atoms with E-state index in [0.717, 1.165) is 0 Å². The summed E-state index contributed by atoms with van der Waals surface area (Å²) in [6, 6.07) is 0. The first-order valence-corrected chi connectivity index (χ1v) is 11.1. The van der Waals surface area contributed by atoms with Gasteiger partial charge in [-0.2, -0.15) is 0 Å². The Hall–Kier alpha value is -0.600. The number of hydrogen-bond donors (Lipinski definition) is 0. The Morgan fingerprint density at radius 3 is 2.17 bits per heavy atom. The molecule has 0 aliphatic carbocycles. The fourth-order valence-corrected chi connectivity index (χ4v) is 4.74. The zero-order chi connectivity index (χ0) is 18.5. The first kappa shape index (κ1) is 21.4. The minimum atomic E-state index is -3.92. The molecule has 24 heavy (non-hydrogen) atoms. The molecule has 0 aliphatic heterocycles. The van der Waals surface area contributed by atoms with Gasteiger partial charge in [-0.05, 0) is 34.1 Å². The Morgan fingerprint density at radius 1 is 1.21 bits per heavy atom. The maximum Gasteiger partial charge on any atom is 0.531 e. The molecule has 0 amide bonds. The van der Waals surface area contributed by atoms with Crippen LogP contribution >= 0.6 is 19.4 Å². The van der Waals surface area contributed by atoms with E-state index in [0.29, 0.717) is 13.0 Å². The number of phosphoric acid groups is 1. The highest BCUT2D eigenvalue weighted by Crippen LogP contribution is 2.51. The van der Waals surface area contributed by atoms with Crippen LogP contribution in [0.15, 0.2) is 5.03 Å². The average molecular weight is 403 g/mol. The Bertz CT molecular complexity index is 694. The lowest BCUT2D eigenvalue weighted by molar-refractivity contribution is 0.165. The van der Waals surface area contributed by atoms with Crippen LogP contribution in [0.1, 0.15) is 41.0 Å². The summed E-state index contributed by atoms with van der Waals surface area (Å²) in [5, 5.41) is 2.97. The topological polar surface area (TPSA) is 96.7 Å². The fraction of sp³-hybridized carbons (Fsp3) is 0.769. The van der Waals surface area contributed by atoms with Crippen molar-refractivity contribution in [3.63, 3.8) is 0 Å². The first-order chi connectivity index (χ1) is 11.1. The van der Waals surface area contributed by atoms with Gasteiger partial charge in [-0.25, -0.2) is 17.7 Å². The first-order valence-electron chi connectivity index (χ1n) is 7.71. The van der Waals surface area contributed by atoms with Crippen LogP contribution in [0.3, 0.4) is 0 Å². The highest BCUT2D eigenvalue weighted by Gasteiger charge is 2.35. The summed E-state index contributed by atoms with van der Waals surface area (Å²) in [4.78, 5) is 0. The molecule has 0 spiro atoms. The van der Waals surface area contributed by atoms with Gasteiger partial charge >= 0.3 is 7.82 Å². The maximum atomic E-state index is 12.5. The number of aryl methyl sites for hydroxylation is 1. The highest BCUT2D eigenvalue weighted by molar-refractivity contribution is 7.92. The number of hydrogen-bond acceptors (Lipinski definition) is 7. The molecule has 0 radical (unpaired) electrons. The second-order valence-electron chi connectivity index (χ2n) is 5.12. The average Bonchev–Trinajstić information content (AvgIpc) is 2.75. The lowest BCUT2D eigenvalue weighted by Crippen LogP contribution is -2.19. The molecule has 1 rings (SSSR count). The monoisotopic (exact) mass is 402 g/mol. The van der Waals surface area contributed by atoms with Crippen molar-refractivity contribution in [3.05, 3.63) is 5.02 Å².